The van der Waals surface area contributed by atoms with E-state index >= 15 is 0 Å². The van der Waals surface area contributed by atoms with Crippen molar-refractivity contribution in [2.45, 2.75) is 0 Å². The highest BCUT2D eigenvalue weighted by Crippen LogP contribution is 2.33. The smallest absolute Gasteiger partial charge is 0.0181 e. The van der Waals surface area contributed by atoms with Gasteiger partial charge in [0.1, 0.15) is 0 Å². The summed E-state index contributed by atoms with van der Waals surface area (Å²) in [5.41, 5.74) is 4.94. The molecule has 0 saturated heterocycles. The van der Waals surface area contributed by atoms with E-state index in [0.29, 0.717) is 0 Å². The van der Waals surface area contributed by atoms with Gasteiger partial charge >= 0.3 is 0 Å². The Morgan fingerprint density at radius 1 is 0.500 bits per heavy atom. The lowest BCUT2D eigenvalue weighted by Crippen LogP contribution is -1.84. The van der Waals surface area contributed by atoms with Crippen molar-refractivity contribution >= 4 is 31.9 Å². The van der Waals surface area contributed by atoms with Gasteiger partial charge in [0, 0.05) is 8.95 Å². The second-order valence-electron chi connectivity index (χ2n) is 4.56. The van der Waals surface area contributed by atoms with Crippen LogP contribution >= 0.6 is 31.9 Å². The van der Waals surface area contributed by atoms with Gasteiger partial charge < -0.3 is 0 Å². The summed E-state index contributed by atoms with van der Waals surface area (Å²) < 4.78 is 2.20. The van der Waals surface area contributed by atoms with Crippen LogP contribution < -0.4 is 0 Å². The molecule has 0 radical (unpaired) electrons. The highest BCUT2D eigenvalue weighted by atomic mass is 79.9. The molecule has 0 aromatic heterocycles. The number of halogens is 2. The predicted molar refractivity (Wildman–Crippen MR) is 92.7 cm³/mol. The van der Waals surface area contributed by atoms with Crippen molar-refractivity contribution in [2.75, 3.05) is 0 Å². The molecule has 0 heterocycles. The molecule has 0 aliphatic rings. The fraction of sp³-hybridized carbons (Fsp3) is 0. The third-order valence-electron chi connectivity index (χ3n) is 3.22. The maximum absolute atomic E-state index is 3.54. The summed E-state index contributed by atoms with van der Waals surface area (Å²) in [6, 6.07) is 25.3. The Morgan fingerprint density at radius 2 is 1.15 bits per heavy atom. The molecule has 20 heavy (non-hydrogen) atoms. The lowest BCUT2D eigenvalue weighted by Gasteiger charge is -2.10. The van der Waals surface area contributed by atoms with Crippen molar-refractivity contribution in [3.63, 3.8) is 0 Å². The Bertz CT molecular complexity index is 730. The SMILES string of the molecule is Brc1ccc(-c2ccccc2-c2cccc(Br)c2)cc1. The molecule has 0 atom stereocenters. The van der Waals surface area contributed by atoms with E-state index < -0.39 is 0 Å². The first-order valence-electron chi connectivity index (χ1n) is 6.35. The molecule has 0 bridgehead atoms. The molecular formula is C18H12Br2. The molecule has 0 fully saturated rings. The first kappa shape index (κ1) is 13.6. The first-order valence-corrected chi connectivity index (χ1v) is 7.93. The van der Waals surface area contributed by atoms with Crippen LogP contribution in [0.5, 0.6) is 0 Å². The monoisotopic (exact) mass is 386 g/mol. The van der Waals surface area contributed by atoms with Gasteiger partial charge in [0.2, 0.25) is 0 Å². The summed E-state index contributed by atoms with van der Waals surface area (Å²) in [5.74, 6) is 0. The Hall–Kier alpha value is -1.38. The maximum Gasteiger partial charge on any atom is 0.0181 e. The Labute approximate surface area is 135 Å². The van der Waals surface area contributed by atoms with E-state index in [1.54, 1.807) is 0 Å². The van der Waals surface area contributed by atoms with Crippen LogP contribution in [-0.4, -0.2) is 0 Å². The average molecular weight is 388 g/mol. The Kier molecular flexibility index (Phi) is 4.04. The zero-order valence-corrected chi connectivity index (χ0v) is 13.9. The van der Waals surface area contributed by atoms with E-state index in [4.69, 9.17) is 0 Å². The summed E-state index contributed by atoms with van der Waals surface area (Å²) in [6.45, 7) is 0. The van der Waals surface area contributed by atoms with Gasteiger partial charge in [0.25, 0.3) is 0 Å². The third kappa shape index (κ3) is 2.87. The minimum atomic E-state index is 1.10. The number of rotatable bonds is 2. The second kappa shape index (κ2) is 5.94. The predicted octanol–water partition coefficient (Wildman–Crippen LogP) is 6.55. The largest absolute Gasteiger partial charge is 0.0616 e. The van der Waals surface area contributed by atoms with Gasteiger partial charge in [0.15, 0.2) is 0 Å². The highest BCUT2D eigenvalue weighted by molar-refractivity contribution is 9.10. The van der Waals surface area contributed by atoms with Crippen molar-refractivity contribution < 1.29 is 0 Å². The van der Waals surface area contributed by atoms with Crippen molar-refractivity contribution in [3.8, 4) is 22.3 Å². The summed E-state index contributed by atoms with van der Waals surface area (Å²) in [4.78, 5) is 0. The van der Waals surface area contributed by atoms with E-state index in [1.165, 1.54) is 22.3 Å². The third-order valence-corrected chi connectivity index (χ3v) is 4.24. The van der Waals surface area contributed by atoms with Gasteiger partial charge in [0.05, 0.1) is 0 Å². The average Bonchev–Trinajstić information content (AvgIpc) is 2.48. The molecule has 0 nitrogen and oxygen atoms in total. The van der Waals surface area contributed by atoms with Gasteiger partial charge in [-0.15, -0.1) is 0 Å². The fourth-order valence-electron chi connectivity index (χ4n) is 2.27. The lowest BCUT2D eigenvalue weighted by atomic mass is 9.95. The van der Waals surface area contributed by atoms with Crippen molar-refractivity contribution in [1.29, 1.82) is 0 Å². The van der Waals surface area contributed by atoms with Crippen LogP contribution in [0.4, 0.5) is 0 Å². The molecule has 2 heteroatoms. The number of hydrogen-bond acceptors (Lipinski definition) is 0. The Morgan fingerprint density at radius 3 is 1.80 bits per heavy atom. The van der Waals surface area contributed by atoms with Gasteiger partial charge in [-0.3, -0.25) is 0 Å². The van der Waals surface area contributed by atoms with Crippen LogP contribution in [0.1, 0.15) is 0 Å². The van der Waals surface area contributed by atoms with Gasteiger partial charge in [-0.05, 0) is 46.5 Å². The molecule has 0 amide bonds. The topological polar surface area (TPSA) is 0 Å². The molecule has 0 saturated carbocycles. The molecule has 3 aromatic rings. The van der Waals surface area contributed by atoms with Crippen LogP contribution in [0.25, 0.3) is 22.3 Å². The molecule has 0 spiro atoms. The van der Waals surface area contributed by atoms with Crippen LogP contribution in [0.15, 0.2) is 81.7 Å². The van der Waals surface area contributed by atoms with E-state index in [0.717, 1.165) is 8.95 Å². The molecule has 0 aliphatic carbocycles. The molecule has 3 aromatic carbocycles. The van der Waals surface area contributed by atoms with Crippen LogP contribution in [-0.2, 0) is 0 Å². The summed E-state index contributed by atoms with van der Waals surface area (Å²) in [5, 5.41) is 0. The van der Waals surface area contributed by atoms with E-state index in [-0.39, 0.29) is 0 Å². The number of hydrogen-bond donors (Lipinski definition) is 0. The molecular weight excluding hydrogens is 376 g/mol. The Balaban J connectivity index is 2.16. The van der Waals surface area contributed by atoms with E-state index in [9.17, 15) is 0 Å². The van der Waals surface area contributed by atoms with Crippen LogP contribution in [0, 0.1) is 0 Å². The molecule has 98 valence electrons. The lowest BCUT2D eigenvalue weighted by molar-refractivity contribution is 1.56. The first-order chi connectivity index (χ1) is 9.74. The van der Waals surface area contributed by atoms with Gasteiger partial charge in [-0.2, -0.15) is 0 Å². The minimum Gasteiger partial charge on any atom is -0.0616 e. The normalized spacial score (nSPS) is 10.5. The van der Waals surface area contributed by atoms with Crippen molar-refractivity contribution in [1.82, 2.24) is 0 Å². The highest BCUT2D eigenvalue weighted by Gasteiger charge is 2.06. The zero-order chi connectivity index (χ0) is 13.9. The van der Waals surface area contributed by atoms with E-state index in [1.807, 2.05) is 6.07 Å². The van der Waals surface area contributed by atoms with Gasteiger partial charge in [-0.1, -0.05) is 80.4 Å². The maximum atomic E-state index is 3.54. The van der Waals surface area contributed by atoms with Crippen LogP contribution in [0.3, 0.4) is 0 Å². The standard InChI is InChI=1S/C18H12Br2/c19-15-10-8-13(9-11-15)17-6-1-2-7-18(17)14-4-3-5-16(20)12-14/h1-12H. The fourth-order valence-corrected chi connectivity index (χ4v) is 2.94. The quantitative estimate of drug-likeness (QED) is 0.467. The van der Waals surface area contributed by atoms with Crippen molar-refractivity contribution in [2.24, 2.45) is 0 Å². The van der Waals surface area contributed by atoms with E-state index in [2.05, 4.69) is 98.6 Å². The zero-order valence-electron chi connectivity index (χ0n) is 10.7. The molecule has 0 N–H and O–H groups in total. The van der Waals surface area contributed by atoms with Crippen molar-refractivity contribution in [3.05, 3.63) is 81.7 Å². The minimum absolute atomic E-state index is 1.10. The molecule has 0 unspecified atom stereocenters. The summed E-state index contributed by atoms with van der Waals surface area (Å²) >= 11 is 7.03. The number of benzene rings is 3. The van der Waals surface area contributed by atoms with Gasteiger partial charge in [-0.25, -0.2) is 0 Å². The second-order valence-corrected chi connectivity index (χ2v) is 6.39. The summed E-state index contributed by atoms with van der Waals surface area (Å²) in [6.07, 6.45) is 0. The molecule has 0 aliphatic heterocycles. The summed E-state index contributed by atoms with van der Waals surface area (Å²) in [7, 11) is 0. The van der Waals surface area contributed by atoms with Crippen LogP contribution in [0.2, 0.25) is 0 Å². The molecule has 3 rings (SSSR count).